The van der Waals surface area contributed by atoms with Crippen LogP contribution in [0.3, 0.4) is 0 Å². The lowest BCUT2D eigenvalue weighted by Gasteiger charge is -2.29. The van der Waals surface area contributed by atoms with Crippen LogP contribution in [0.1, 0.15) is 38.5 Å². The molecule has 13 heavy (non-hydrogen) atoms. The molecule has 3 saturated carbocycles. The Morgan fingerprint density at radius 3 is 1.54 bits per heavy atom. The van der Waals surface area contributed by atoms with E-state index in [-0.39, 0.29) is 18.6 Å². The Morgan fingerprint density at radius 1 is 0.846 bits per heavy atom. The van der Waals surface area contributed by atoms with Crippen LogP contribution in [0.5, 0.6) is 0 Å². The van der Waals surface area contributed by atoms with Gasteiger partial charge in [-0.1, -0.05) is 25.7 Å². The van der Waals surface area contributed by atoms with E-state index in [0.29, 0.717) is 0 Å². The van der Waals surface area contributed by atoms with Gasteiger partial charge >= 0.3 is 0 Å². The van der Waals surface area contributed by atoms with Gasteiger partial charge in [0.1, 0.15) is 0 Å². The van der Waals surface area contributed by atoms with Gasteiger partial charge in [-0.05, 0) is 24.7 Å². The molecule has 2 bridgehead atoms. The van der Waals surface area contributed by atoms with Gasteiger partial charge in [0.15, 0.2) is 0 Å². The number of aliphatic hydroxyl groups excluding tert-OH is 2. The van der Waals surface area contributed by atoms with Crippen LogP contribution in [0, 0.1) is 17.3 Å². The Labute approximate surface area is 80.0 Å². The van der Waals surface area contributed by atoms with E-state index in [2.05, 4.69) is 0 Å². The summed E-state index contributed by atoms with van der Waals surface area (Å²) in [5, 5.41) is 18.7. The fourth-order valence-corrected chi connectivity index (χ4v) is 3.26. The zero-order valence-electron chi connectivity index (χ0n) is 8.21. The quantitative estimate of drug-likeness (QED) is 0.683. The third-order valence-electron chi connectivity index (χ3n) is 4.08. The van der Waals surface area contributed by atoms with E-state index < -0.39 is 0 Å². The maximum Gasteiger partial charge on any atom is 0.0509 e. The molecule has 0 saturated heterocycles. The molecule has 3 aliphatic rings. The van der Waals surface area contributed by atoms with E-state index in [9.17, 15) is 10.2 Å². The molecule has 2 heteroatoms. The molecule has 3 aliphatic carbocycles. The van der Waals surface area contributed by atoms with Crippen LogP contribution in [0.25, 0.3) is 0 Å². The maximum atomic E-state index is 9.37. The zero-order chi connectivity index (χ0) is 9.31. The second-order valence-electron chi connectivity index (χ2n) is 5.11. The molecule has 76 valence electrons. The van der Waals surface area contributed by atoms with Crippen LogP contribution >= 0.6 is 0 Å². The van der Waals surface area contributed by atoms with Crippen molar-refractivity contribution in [1.82, 2.24) is 0 Å². The Balaban J connectivity index is 2.13. The van der Waals surface area contributed by atoms with Crippen LogP contribution in [0.2, 0.25) is 0 Å². The molecule has 2 nitrogen and oxygen atoms in total. The van der Waals surface area contributed by atoms with Crippen molar-refractivity contribution in [2.75, 3.05) is 13.2 Å². The van der Waals surface area contributed by atoms with E-state index in [1.54, 1.807) is 0 Å². The monoisotopic (exact) mass is 184 g/mol. The van der Waals surface area contributed by atoms with Crippen molar-refractivity contribution in [1.29, 1.82) is 0 Å². The van der Waals surface area contributed by atoms with Gasteiger partial charge in [0.05, 0.1) is 13.2 Å². The molecule has 0 atom stereocenters. The first-order valence-corrected chi connectivity index (χ1v) is 5.50. The number of fused-ring (bicyclic) bond motifs is 4. The molecule has 0 heterocycles. The largest absolute Gasteiger partial charge is 0.396 e. The summed E-state index contributed by atoms with van der Waals surface area (Å²) in [5.74, 6) is 1.55. The highest BCUT2D eigenvalue weighted by molar-refractivity contribution is 4.90. The van der Waals surface area contributed by atoms with Crippen molar-refractivity contribution >= 4 is 0 Å². The molecule has 0 aromatic rings. The number of hydrogen-bond acceptors (Lipinski definition) is 2. The van der Waals surface area contributed by atoms with Gasteiger partial charge in [-0.2, -0.15) is 0 Å². The number of aliphatic hydroxyl groups is 2. The molecular weight excluding hydrogens is 164 g/mol. The van der Waals surface area contributed by atoms with Gasteiger partial charge in [0.25, 0.3) is 0 Å². The van der Waals surface area contributed by atoms with Gasteiger partial charge in [-0.15, -0.1) is 0 Å². The smallest absolute Gasteiger partial charge is 0.0509 e. The van der Waals surface area contributed by atoms with Gasteiger partial charge in [0.2, 0.25) is 0 Å². The summed E-state index contributed by atoms with van der Waals surface area (Å²) in [4.78, 5) is 0. The minimum absolute atomic E-state index is 0.137. The van der Waals surface area contributed by atoms with Crippen molar-refractivity contribution in [3.05, 3.63) is 0 Å². The Hall–Kier alpha value is -0.0800. The van der Waals surface area contributed by atoms with Crippen LogP contribution in [-0.4, -0.2) is 23.4 Å². The minimum Gasteiger partial charge on any atom is -0.396 e. The molecular formula is C11H20O2. The maximum absolute atomic E-state index is 9.37. The molecule has 3 rings (SSSR count). The topological polar surface area (TPSA) is 40.5 Å². The first-order valence-electron chi connectivity index (χ1n) is 5.50. The summed E-state index contributed by atoms with van der Waals surface area (Å²) in [7, 11) is 0. The van der Waals surface area contributed by atoms with Gasteiger partial charge in [0, 0.05) is 5.41 Å². The average Bonchev–Trinajstić information content (AvgIpc) is 2.47. The minimum atomic E-state index is -0.137. The van der Waals surface area contributed by atoms with Gasteiger partial charge in [-0.25, -0.2) is 0 Å². The highest BCUT2D eigenvalue weighted by atomic mass is 16.3. The molecule has 3 fully saturated rings. The van der Waals surface area contributed by atoms with E-state index in [4.69, 9.17) is 0 Å². The summed E-state index contributed by atoms with van der Waals surface area (Å²) in [6, 6.07) is 0. The first kappa shape index (κ1) is 9.47. The molecule has 0 amide bonds. The third-order valence-corrected chi connectivity index (χ3v) is 4.08. The van der Waals surface area contributed by atoms with Crippen molar-refractivity contribution in [3.8, 4) is 0 Å². The van der Waals surface area contributed by atoms with Crippen molar-refractivity contribution in [3.63, 3.8) is 0 Å². The molecule has 0 radical (unpaired) electrons. The molecule has 0 unspecified atom stereocenters. The van der Waals surface area contributed by atoms with Crippen molar-refractivity contribution in [2.24, 2.45) is 17.3 Å². The predicted octanol–water partition coefficient (Wildman–Crippen LogP) is 1.56. The Morgan fingerprint density at radius 2 is 1.23 bits per heavy atom. The first-order chi connectivity index (χ1) is 6.28. The van der Waals surface area contributed by atoms with Crippen molar-refractivity contribution in [2.45, 2.75) is 38.5 Å². The van der Waals surface area contributed by atoms with Crippen LogP contribution in [0.4, 0.5) is 0 Å². The second kappa shape index (κ2) is 3.58. The molecule has 0 aromatic heterocycles. The van der Waals surface area contributed by atoms with Crippen LogP contribution in [-0.2, 0) is 0 Å². The van der Waals surface area contributed by atoms with E-state index in [0.717, 1.165) is 24.7 Å². The van der Waals surface area contributed by atoms with Gasteiger partial charge < -0.3 is 10.2 Å². The summed E-state index contributed by atoms with van der Waals surface area (Å²) in [6.07, 6.45) is 7.41. The van der Waals surface area contributed by atoms with E-state index in [1.807, 2.05) is 0 Å². The highest BCUT2D eigenvalue weighted by Gasteiger charge is 2.40. The molecule has 2 N–H and O–H groups in total. The fraction of sp³-hybridized carbons (Fsp3) is 1.00. The lowest BCUT2D eigenvalue weighted by molar-refractivity contribution is 0.0304. The number of rotatable bonds is 2. The number of hydrogen-bond donors (Lipinski definition) is 2. The predicted molar refractivity (Wildman–Crippen MR) is 51.3 cm³/mol. The summed E-state index contributed by atoms with van der Waals surface area (Å²) >= 11 is 0. The second-order valence-corrected chi connectivity index (χ2v) is 5.11. The lowest BCUT2D eigenvalue weighted by Crippen LogP contribution is -2.31. The lowest BCUT2D eigenvalue weighted by atomic mass is 9.79. The summed E-state index contributed by atoms with van der Waals surface area (Å²) in [6.45, 7) is 0.354. The highest BCUT2D eigenvalue weighted by Crippen LogP contribution is 2.47. The van der Waals surface area contributed by atoms with Crippen LogP contribution < -0.4 is 0 Å². The normalized spacial score (nSPS) is 37.4. The SMILES string of the molecule is OCC1(CO)CC2CCC(CC2)C1. The summed E-state index contributed by atoms with van der Waals surface area (Å²) < 4.78 is 0. The van der Waals surface area contributed by atoms with E-state index >= 15 is 0 Å². The van der Waals surface area contributed by atoms with Crippen LogP contribution in [0.15, 0.2) is 0 Å². The van der Waals surface area contributed by atoms with Crippen molar-refractivity contribution < 1.29 is 10.2 Å². The zero-order valence-corrected chi connectivity index (χ0v) is 8.21. The van der Waals surface area contributed by atoms with E-state index in [1.165, 1.54) is 25.7 Å². The molecule has 0 aromatic carbocycles. The Kier molecular flexibility index (Phi) is 2.61. The Bertz CT molecular complexity index is 151. The average molecular weight is 184 g/mol. The summed E-state index contributed by atoms with van der Waals surface area (Å²) in [5.41, 5.74) is -0.137. The molecule has 0 spiro atoms. The fourth-order valence-electron chi connectivity index (χ4n) is 3.26. The standard InChI is InChI=1S/C11H20O2/c12-7-11(8-13)5-9-1-2-10(6-11)4-3-9/h9-10,12-13H,1-8H2. The van der Waals surface area contributed by atoms with Gasteiger partial charge in [-0.3, -0.25) is 0 Å². The third kappa shape index (κ3) is 1.75. The molecule has 0 aliphatic heterocycles.